The molecule has 1 aromatic rings. The molecular formula is C15H18F2N2O2. The normalized spacial score (nSPS) is 22.7. The average molecular weight is 296 g/mol. The van der Waals surface area contributed by atoms with Gasteiger partial charge in [-0.15, -0.1) is 0 Å². The minimum Gasteiger partial charge on any atom is -0.368 e. The molecule has 1 aromatic carbocycles. The molecule has 3 rings (SSSR count). The summed E-state index contributed by atoms with van der Waals surface area (Å²) in [5, 5.41) is 0. The first kappa shape index (κ1) is 14.3. The lowest BCUT2D eigenvalue weighted by atomic mass is 10.2. The zero-order chi connectivity index (χ0) is 14.8. The van der Waals surface area contributed by atoms with Gasteiger partial charge in [0.25, 0.3) is 5.91 Å². The Labute approximate surface area is 122 Å². The third kappa shape index (κ3) is 3.00. The van der Waals surface area contributed by atoms with Gasteiger partial charge in [0.1, 0.15) is 17.7 Å². The molecule has 1 unspecified atom stereocenters. The molecule has 6 heteroatoms. The van der Waals surface area contributed by atoms with Crippen LogP contribution in [0.2, 0.25) is 0 Å². The van der Waals surface area contributed by atoms with Crippen LogP contribution in [0.25, 0.3) is 0 Å². The van der Waals surface area contributed by atoms with Crippen molar-refractivity contribution < 1.29 is 18.3 Å². The lowest BCUT2D eigenvalue weighted by molar-refractivity contribution is -0.141. The van der Waals surface area contributed by atoms with Gasteiger partial charge in [-0.25, -0.2) is 8.78 Å². The van der Waals surface area contributed by atoms with Gasteiger partial charge in [0, 0.05) is 38.9 Å². The lowest BCUT2D eigenvalue weighted by Crippen LogP contribution is -2.51. The summed E-state index contributed by atoms with van der Waals surface area (Å²) in [6.45, 7) is 2.81. The van der Waals surface area contributed by atoms with Crippen LogP contribution in [0.15, 0.2) is 18.2 Å². The average Bonchev–Trinajstić information content (AvgIpc) is 3.01. The van der Waals surface area contributed by atoms with E-state index in [1.807, 2.05) is 4.90 Å². The van der Waals surface area contributed by atoms with Crippen molar-refractivity contribution in [3.8, 4) is 0 Å². The van der Waals surface area contributed by atoms with Gasteiger partial charge in [-0.1, -0.05) is 0 Å². The SMILES string of the molecule is O=C(C1CCCO1)N1CCN(c2ccc(F)cc2F)CC1. The Morgan fingerprint density at radius 1 is 1.19 bits per heavy atom. The zero-order valence-corrected chi connectivity index (χ0v) is 11.7. The molecule has 0 aliphatic carbocycles. The highest BCUT2D eigenvalue weighted by Gasteiger charge is 2.30. The van der Waals surface area contributed by atoms with Crippen molar-refractivity contribution >= 4 is 11.6 Å². The number of halogens is 2. The van der Waals surface area contributed by atoms with Crippen LogP contribution in [0.4, 0.5) is 14.5 Å². The molecule has 2 fully saturated rings. The monoisotopic (exact) mass is 296 g/mol. The fraction of sp³-hybridized carbons (Fsp3) is 0.533. The van der Waals surface area contributed by atoms with Gasteiger partial charge < -0.3 is 14.5 Å². The van der Waals surface area contributed by atoms with E-state index in [2.05, 4.69) is 0 Å². The van der Waals surface area contributed by atoms with Crippen LogP contribution in [0.3, 0.4) is 0 Å². The summed E-state index contributed by atoms with van der Waals surface area (Å²) in [5.41, 5.74) is 0.389. The van der Waals surface area contributed by atoms with Crippen molar-refractivity contribution in [2.45, 2.75) is 18.9 Å². The topological polar surface area (TPSA) is 32.8 Å². The van der Waals surface area contributed by atoms with Gasteiger partial charge >= 0.3 is 0 Å². The number of benzene rings is 1. The highest BCUT2D eigenvalue weighted by molar-refractivity contribution is 5.81. The van der Waals surface area contributed by atoms with E-state index in [9.17, 15) is 13.6 Å². The molecule has 1 atom stereocenters. The first-order chi connectivity index (χ1) is 10.1. The molecule has 0 saturated carbocycles. The predicted octanol–water partition coefficient (Wildman–Crippen LogP) is 1.79. The van der Waals surface area contributed by atoms with Gasteiger partial charge in [-0.05, 0) is 25.0 Å². The van der Waals surface area contributed by atoms with Gasteiger partial charge in [0.05, 0.1) is 5.69 Å². The molecule has 1 amide bonds. The highest BCUT2D eigenvalue weighted by Crippen LogP contribution is 2.22. The molecule has 0 bridgehead atoms. The van der Waals surface area contributed by atoms with Crippen molar-refractivity contribution in [3.05, 3.63) is 29.8 Å². The number of hydrogen-bond acceptors (Lipinski definition) is 3. The second-order valence-corrected chi connectivity index (χ2v) is 5.41. The Balaban J connectivity index is 1.60. The van der Waals surface area contributed by atoms with E-state index in [0.29, 0.717) is 38.5 Å². The Hall–Kier alpha value is -1.69. The molecule has 114 valence electrons. The molecule has 2 aliphatic rings. The fourth-order valence-electron chi connectivity index (χ4n) is 2.88. The maximum absolute atomic E-state index is 13.8. The molecule has 0 spiro atoms. The van der Waals surface area contributed by atoms with Crippen molar-refractivity contribution in [2.75, 3.05) is 37.7 Å². The first-order valence-electron chi connectivity index (χ1n) is 7.25. The Bertz CT molecular complexity index is 524. The van der Waals surface area contributed by atoms with E-state index in [1.165, 1.54) is 12.1 Å². The van der Waals surface area contributed by atoms with Gasteiger partial charge in [0.15, 0.2) is 0 Å². The van der Waals surface area contributed by atoms with Crippen LogP contribution in [0.5, 0.6) is 0 Å². The summed E-state index contributed by atoms with van der Waals surface area (Å²) in [6.07, 6.45) is 1.40. The van der Waals surface area contributed by atoms with Crippen LogP contribution >= 0.6 is 0 Å². The van der Waals surface area contributed by atoms with Gasteiger partial charge in [-0.2, -0.15) is 0 Å². The van der Waals surface area contributed by atoms with E-state index in [-0.39, 0.29) is 12.0 Å². The third-order valence-electron chi connectivity index (χ3n) is 4.05. The number of amides is 1. The second-order valence-electron chi connectivity index (χ2n) is 5.41. The summed E-state index contributed by atoms with van der Waals surface area (Å²) < 4.78 is 32.1. The lowest BCUT2D eigenvalue weighted by Gasteiger charge is -2.37. The minimum atomic E-state index is -0.580. The second kappa shape index (κ2) is 5.97. The summed E-state index contributed by atoms with van der Waals surface area (Å²) in [7, 11) is 0. The smallest absolute Gasteiger partial charge is 0.251 e. The maximum Gasteiger partial charge on any atom is 0.251 e. The molecule has 2 heterocycles. The number of hydrogen-bond donors (Lipinski definition) is 0. The highest BCUT2D eigenvalue weighted by atomic mass is 19.1. The summed E-state index contributed by atoms with van der Waals surface area (Å²) in [6, 6.07) is 3.59. The van der Waals surface area contributed by atoms with E-state index >= 15 is 0 Å². The Morgan fingerprint density at radius 2 is 1.95 bits per heavy atom. The number of carbonyl (C=O) groups excluding carboxylic acids is 1. The van der Waals surface area contributed by atoms with Gasteiger partial charge in [0.2, 0.25) is 0 Å². The zero-order valence-electron chi connectivity index (χ0n) is 11.7. The molecule has 0 N–H and O–H groups in total. The Morgan fingerprint density at radius 3 is 2.57 bits per heavy atom. The van der Waals surface area contributed by atoms with E-state index in [0.717, 1.165) is 18.9 Å². The standard InChI is InChI=1S/C15H18F2N2O2/c16-11-3-4-13(12(17)10-11)18-5-7-19(8-6-18)15(20)14-2-1-9-21-14/h3-4,10,14H,1-2,5-9H2. The summed E-state index contributed by atoms with van der Waals surface area (Å²) in [4.78, 5) is 15.8. The van der Waals surface area contributed by atoms with Crippen molar-refractivity contribution in [2.24, 2.45) is 0 Å². The number of nitrogens with zero attached hydrogens (tertiary/aromatic N) is 2. The molecule has 0 aromatic heterocycles. The van der Waals surface area contributed by atoms with E-state index in [4.69, 9.17) is 4.74 Å². The van der Waals surface area contributed by atoms with E-state index < -0.39 is 11.6 Å². The number of piperazine rings is 1. The molecule has 0 radical (unpaired) electrons. The fourth-order valence-corrected chi connectivity index (χ4v) is 2.88. The van der Waals surface area contributed by atoms with Crippen LogP contribution in [-0.4, -0.2) is 49.7 Å². The van der Waals surface area contributed by atoms with Crippen LogP contribution in [0, 0.1) is 11.6 Å². The van der Waals surface area contributed by atoms with Crippen LogP contribution < -0.4 is 4.90 Å². The maximum atomic E-state index is 13.8. The van der Waals surface area contributed by atoms with Crippen LogP contribution in [0.1, 0.15) is 12.8 Å². The number of carbonyl (C=O) groups is 1. The summed E-state index contributed by atoms with van der Waals surface area (Å²) in [5.74, 6) is -1.11. The summed E-state index contributed by atoms with van der Waals surface area (Å²) >= 11 is 0. The largest absolute Gasteiger partial charge is 0.368 e. The van der Waals surface area contributed by atoms with Crippen molar-refractivity contribution in [3.63, 3.8) is 0 Å². The van der Waals surface area contributed by atoms with E-state index in [1.54, 1.807) is 4.90 Å². The molecule has 4 nitrogen and oxygen atoms in total. The third-order valence-corrected chi connectivity index (χ3v) is 4.05. The number of ether oxygens (including phenoxy) is 1. The quantitative estimate of drug-likeness (QED) is 0.834. The van der Waals surface area contributed by atoms with Crippen LogP contribution in [-0.2, 0) is 9.53 Å². The van der Waals surface area contributed by atoms with Gasteiger partial charge in [-0.3, -0.25) is 4.79 Å². The molecule has 21 heavy (non-hydrogen) atoms. The first-order valence-corrected chi connectivity index (χ1v) is 7.25. The Kier molecular flexibility index (Phi) is 4.05. The molecule has 2 saturated heterocycles. The molecular weight excluding hydrogens is 278 g/mol. The molecule has 2 aliphatic heterocycles. The number of rotatable bonds is 2. The predicted molar refractivity (Wildman–Crippen MR) is 74.1 cm³/mol. The minimum absolute atomic E-state index is 0.0340. The number of anilines is 1. The van der Waals surface area contributed by atoms with Crippen molar-refractivity contribution in [1.82, 2.24) is 4.90 Å². The van der Waals surface area contributed by atoms with Crippen molar-refractivity contribution in [1.29, 1.82) is 0 Å².